The van der Waals surface area contributed by atoms with Crippen LogP contribution in [-0.2, 0) is 0 Å². The molecule has 0 aliphatic carbocycles. The molecule has 1 heterocycles. The molecule has 0 saturated heterocycles. The molecule has 0 radical (unpaired) electrons. The van der Waals surface area contributed by atoms with Crippen molar-refractivity contribution < 1.29 is 0 Å². The van der Waals surface area contributed by atoms with Crippen LogP contribution in [0.5, 0.6) is 0 Å². The predicted molar refractivity (Wildman–Crippen MR) is 76.1 cm³/mol. The summed E-state index contributed by atoms with van der Waals surface area (Å²) in [6.07, 6.45) is 4.19. The highest BCUT2D eigenvalue weighted by Gasteiger charge is 1.91. The van der Waals surface area contributed by atoms with E-state index in [1.165, 1.54) is 10.4 Å². The van der Waals surface area contributed by atoms with Gasteiger partial charge in [-0.05, 0) is 23.8 Å². The zero-order valence-corrected chi connectivity index (χ0v) is 11.7. The van der Waals surface area contributed by atoms with Gasteiger partial charge in [-0.1, -0.05) is 46.4 Å². The van der Waals surface area contributed by atoms with Gasteiger partial charge in [-0.15, -0.1) is 22.7 Å². The smallest absolute Gasteiger partial charge is 0.121 e. The molecule has 0 saturated carbocycles. The van der Waals surface area contributed by atoms with Crippen LogP contribution in [0.3, 0.4) is 0 Å². The third kappa shape index (κ3) is 3.34. The second-order valence-electron chi connectivity index (χ2n) is 2.88. The fourth-order valence-electron chi connectivity index (χ4n) is 1.08. The fraction of sp³-hybridized carbons (Fsp3) is 0. The second kappa shape index (κ2) is 5.16. The monoisotopic (exact) mass is 314 g/mol. The minimum atomic E-state index is 0.977. The summed E-state index contributed by atoms with van der Waals surface area (Å²) in [7, 11) is 0. The van der Waals surface area contributed by atoms with E-state index in [9.17, 15) is 0 Å². The van der Waals surface area contributed by atoms with Gasteiger partial charge >= 0.3 is 0 Å². The summed E-state index contributed by atoms with van der Waals surface area (Å²) in [5.41, 5.74) is 1.20. The Morgan fingerprint density at radius 3 is 2.47 bits per heavy atom. The van der Waals surface area contributed by atoms with Crippen molar-refractivity contribution in [3.63, 3.8) is 0 Å². The topological polar surface area (TPSA) is 0 Å². The molecule has 0 bridgehead atoms. The van der Waals surface area contributed by atoms with E-state index >= 15 is 0 Å². The standard InChI is InChI=1S/C11H7BrS3/c12-9-4-1-8(2-5-9)3-6-10-7-14-11(13)15-10/h1-7H/b6-3+. The van der Waals surface area contributed by atoms with Crippen molar-refractivity contribution in [3.05, 3.63) is 47.7 Å². The third-order valence-electron chi connectivity index (χ3n) is 1.78. The zero-order chi connectivity index (χ0) is 10.7. The van der Waals surface area contributed by atoms with Crippen molar-refractivity contribution in [1.29, 1.82) is 0 Å². The van der Waals surface area contributed by atoms with E-state index < -0.39 is 0 Å². The maximum atomic E-state index is 5.08. The molecular weight excluding hydrogens is 308 g/mol. The maximum absolute atomic E-state index is 5.08. The Labute approximate surface area is 110 Å². The van der Waals surface area contributed by atoms with Crippen LogP contribution in [0.25, 0.3) is 12.2 Å². The number of rotatable bonds is 2. The van der Waals surface area contributed by atoms with Gasteiger partial charge < -0.3 is 0 Å². The van der Waals surface area contributed by atoms with Crippen molar-refractivity contribution in [2.45, 2.75) is 0 Å². The largest absolute Gasteiger partial charge is 0.144 e. The van der Waals surface area contributed by atoms with E-state index in [1.807, 2.05) is 12.1 Å². The average molecular weight is 315 g/mol. The van der Waals surface area contributed by atoms with Crippen LogP contribution >= 0.6 is 50.8 Å². The zero-order valence-electron chi connectivity index (χ0n) is 7.64. The maximum Gasteiger partial charge on any atom is 0.144 e. The summed E-state index contributed by atoms with van der Waals surface area (Å²) in [4.78, 5) is 1.22. The van der Waals surface area contributed by atoms with Gasteiger partial charge in [0.15, 0.2) is 0 Å². The Kier molecular flexibility index (Phi) is 3.86. The molecule has 1 aromatic heterocycles. The van der Waals surface area contributed by atoms with Crippen molar-refractivity contribution in [2.24, 2.45) is 0 Å². The van der Waals surface area contributed by atoms with Gasteiger partial charge in [0.25, 0.3) is 0 Å². The summed E-state index contributed by atoms with van der Waals surface area (Å²) in [5.74, 6) is 0. The first kappa shape index (κ1) is 11.2. The lowest BCUT2D eigenvalue weighted by Gasteiger charge is -1.92. The quantitative estimate of drug-likeness (QED) is 0.662. The molecule has 2 rings (SSSR count). The van der Waals surface area contributed by atoms with Crippen LogP contribution in [0.1, 0.15) is 10.4 Å². The van der Waals surface area contributed by atoms with Gasteiger partial charge in [-0.25, -0.2) is 0 Å². The molecule has 76 valence electrons. The minimum Gasteiger partial charge on any atom is -0.121 e. The molecule has 1 aromatic carbocycles. The second-order valence-corrected chi connectivity index (χ2v) is 6.94. The number of hydrogen-bond donors (Lipinski definition) is 0. The molecule has 0 spiro atoms. The number of hydrogen-bond acceptors (Lipinski definition) is 3. The molecule has 0 nitrogen and oxygen atoms in total. The van der Waals surface area contributed by atoms with E-state index in [0.29, 0.717) is 0 Å². The fourth-order valence-corrected chi connectivity index (χ4v) is 3.36. The van der Waals surface area contributed by atoms with Gasteiger partial charge in [-0.2, -0.15) is 0 Å². The van der Waals surface area contributed by atoms with Gasteiger partial charge in [-0.3, -0.25) is 0 Å². The van der Waals surface area contributed by atoms with Gasteiger partial charge in [0.05, 0.1) is 0 Å². The first-order valence-corrected chi connectivity index (χ1v) is 7.16. The molecule has 2 aromatic rings. The minimum absolute atomic E-state index is 0.977. The highest BCUT2D eigenvalue weighted by atomic mass is 79.9. The van der Waals surface area contributed by atoms with Crippen LogP contribution < -0.4 is 0 Å². The average Bonchev–Trinajstić information content (AvgIpc) is 2.64. The van der Waals surface area contributed by atoms with Crippen LogP contribution in [0.15, 0.2) is 34.1 Å². The Balaban J connectivity index is 2.18. The highest BCUT2D eigenvalue weighted by Crippen LogP contribution is 2.20. The normalized spacial score (nSPS) is 11.0. The summed E-state index contributed by atoms with van der Waals surface area (Å²) in [6, 6.07) is 8.23. The van der Waals surface area contributed by atoms with E-state index in [4.69, 9.17) is 12.2 Å². The molecule has 0 amide bonds. The van der Waals surface area contributed by atoms with Crippen LogP contribution in [0, 0.1) is 3.14 Å². The highest BCUT2D eigenvalue weighted by molar-refractivity contribution is 9.10. The molecule has 4 heteroatoms. The molecular formula is C11H7BrS3. The lowest BCUT2D eigenvalue weighted by molar-refractivity contribution is 1.62. The van der Waals surface area contributed by atoms with Crippen molar-refractivity contribution >= 4 is 63.0 Å². The number of benzene rings is 1. The number of halogens is 1. The predicted octanol–water partition coefficient (Wildman–Crippen LogP) is 5.47. The van der Waals surface area contributed by atoms with Crippen LogP contribution in [0.4, 0.5) is 0 Å². The molecule has 15 heavy (non-hydrogen) atoms. The van der Waals surface area contributed by atoms with Gasteiger partial charge in [0.1, 0.15) is 3.14 Å². The third-order valence-corrected chi connectivity index (χ3v) is 4.76. The molecule has 0 fully saturated rings. The molecule has 0 atom stereocenters. The molecule has 0 aliphatic rings. The van der Waals surface area contributed by atoms with Gasteiger partial charge in [0, 0.05) is 14.7 Å². The van der Waals surface area contributed by atoms with Crippen molar-refractivity contribution in [1.82, 2.24) is 0 Å². The SMILES string of the molecule is S=c1scc(/C=C/c2ccc(Br)cc2)s1. The van der Waals surface area contributed by atoms with Crippen molar-refractivity contribution in [3.8, 4) is 0 Å². The van der Waals surface area contributed by atoms with Gasteiger partial charge in [0.2, 0.25) is 0 Å². The van der Waals surface area contributed by atoms with E-state index in [-0.39, 0.29) is 0 Å². The van der Waals surface area contributed by atoms with E-state index in [2.05, 4.69) is 45.6 Å². The molecule has 0 N–H and O–H groups in total. The first-order chi connectivity index (χ1) is 7.24. The Bertz CT molecular complexity index is 519. The lowest BCUT2D eigenvalue weighted by atomic mass is 10.2. The Morgan fingerprint density at radius 2 is 1.87 bits per heavy atom. The summed E-state index contributed by atoms with van der Waals surface area (Å²) >= 11 is 11.8. The first-order valence-electron chi connectivity index (χ1n) is 4.26. The van der Waals surface area contributed by atoms with E-state index in [0.717, 1.165) is 7.61 Å². The molecule has 0 unspecified atom stereocenters. The van der Waals surface area contributed by atoms with Crippen LogP contribution in [-0.4, -0.2) is 0 Å². The Morgan fingerprint density at radius 1 is 1.13 bits per heavy atom. The summed E-state index contributed by atoms with van der Waals surface area (Å²) in [5, 5.41) is 2.09. The summed E-state index contributed by atoms with van der Waals surface area (Å²) in [6.45, 7) is 0. The Hall–Kier alpha value is -0.290. The van der Waals surface area contributed by atoms with Crippen LogP contribution in [0.2, 0.25) is 0 Å². The van der Waals surface area contributed by atoms with Crippen molar-refractivity contribution in [2.75, 3.05) is 0 Å². The van der Waals surface area contributed by atoms with E-state index in [1.54, 1.807) is 22.7 Å². The lowest BCUT2D eigenvalue weighted by Crippen LogP contribution is -1.69. The molecule has 0 aliphatic heterocycles. The summed E-state index contributed by atoms with van der Waals surface area (Å²) < 4.78 is 2.08.